The van der Waals surface area contributed by atoms with E-state index in [1.807, 2.05) is 0 Å². The Morgan fingerprint density at radius 1 is 1.41 bits per heavy atom. The van der Waals surface area contributed by atoms with Gasteiger partial charge in [0.15, 0.2) is 0 Å². The Hall–Kier alpha value is -0.170. The molecule has 5 nitrogen and oxygen atoms in total. The summed E-state index contributed by atoms with van der Waals surface area (Å²) in [6, 6.07) is 0.519. The Bertz CT molecular complexity index is 315. The van der Waals surface area contributed by atoms with E-state index in [1.165, 1.54) is 12.8 Å². The highest BCUT2D eigenvalue weighted by Crippen LogP contribution is 2.35. The second kappa shape index (κ2) is 6.68. The summed E-state index contributed by atoms with van der Waals surface area (Å²) in [4.78, 5) is 2.31. The summed E-state index contributed by atoms with van der Waals surface area (Å²) in [6.45, 7) is 4.53. The maximum absolute atomic E-state index is 10.9. The molecule has 6 heteroatoms. The maximum atomic E-state index is 10.9. The number of hydrogen-bond acceptors (Lipinski definition) is 4. The first-order chi connectivity index (χ1) is 7.94. The van der Waals surface area contributed by atoms with E-state index in [2.05, 4.69) is 11.8 Å². The molecule has 1 unspecified atom stereocenters. The van der Waals surface area contributed by atoms with Crippen molar-refractivity contribution < 1.29 is 13.2 Å². The van der Waals surface area contributed by atoms with Gasteiger partial charge in [-0.3, -0.25) is 4.90 Å². The predicted octanol–water partition coefficient (Wildman–Crippen LogP) is 0.412. The van der Waals surface area contributed by atoms with Crippen molar-refractivity contribution in [3.05, 3.63) is 0 Å². The molecule has 1 fully saturated rings. The molecule has 0 heterocycles. The first-order valence-electron chi connectivity index (χ1n) is 6.17. The van der Waals surface area contributed by atoms with Crippen molar-refractivity contribution >= 4 is 10.0 Å². The maximum Gasteiger partial charge on any atom is 0.209 e. The van der Waals surface area contributed by atoms with E-state index in [1.54, 1.807) is 7.11 Å². The molecular formula is C11H24N2O3S. The van der Waals surface area contributed by atoms with Gasteiger partial charge in [0, 0.05) is 19.7 Å². The lowest BCUT2D eigenvalue weighted by atomic mass is 10.2. The third-order valence-corrected chi connectivity index (χ3v) is 4.19. The minimum absolute atomic E-state index is 0.0634. The fourth-order valence-electron chi connectivity index (χ4n) is 2.07. The van der Waals surface area contributed by atoms with E-state index in [4.69, 9.17) is 9.88 Å². The molecule has 17 heavy (non-hydrogen) atoms. The Balaban J connectivity index is 2.34. The van der Waals surface area contributed by atoms with E-state index in [9.17, 15) is 8.42 Å². The van der Waals surface area contributed by atoms with Crippen LogP contribution in [0.4, 0.5) is 0 Å². The van der Waals surface area contributed by atoms with Crippen molar-refractivity contribution in [3.8, 4) is 0 Å². The average molecular weight is 264 g/mol. The molecule has 0 saturated heterocycles. The Kier molecular flexibility index (Phi) is 5.85. The third kappa shape index (κ3) is 6.35. The molecule has 1 rings (SSSR count). The topological polar surface area (TPSA) is 72.6 Å². The number of nitrogens with zero attached hydrogens (tertiary/aromatic N) is 1. The number of hydrogen-bond donors (Lipinski definition) is 1. The van der Waals surface area contributed by atoms with Gasteiger partial charge in [-0.15, -0.1) is 0 Å². The molecule has 0 aromatic carbocycles. The van der Waals surface area contributed by atoms with Crippen molar-refractivity contribution in [2.24, 2.45) is 11.1 Å². The molecular weight excluding hydrogens is 240 g/mol. The quantitative estimate of drug-likeness (QED) is 0.655. The molecule has 1 saturated carbocycles. The van der Waals surface area contributed by atoms with Crippen LogP contribution in [0.15, 0.2) is 0 Å². The van der Waals surface area contributed by atoms with E-state index in [0.717, 1.165) is 19.0 Å². The van der Waals surface area contributed by atoms with Crippen LogP contribution in [-0.2, 0) is 14.8 Å². The minimum atomic E-state index is -3.33. The second-order valence-electron chi connectivity index (χ2n) is 4.83. The lowest BCUT2D eigenvalue weighted by molar-refractivity contribution is 0.117. The molecule has 0 aromatic heterocycles. The van der Waals surface area contributed by atoms with Gasteiger partial charge in [0.05, 0.1) is 12.4 Å². The standard InChI is InChI=1S/C11H24N2O3S/c1-10(11-4-5-11)13(7-8-16-2)6-3-9-17(12,14)15/h10-11H,3-9H2,1-2H3,(H2,12,14,15). The zero-order valence-corrected chi connectivity index (χ0v) is 11.6. The Morgan fingerprint density at radius 3 is 2.53 bits per heavy atom. The number of ether oxygens (including phenoxy) is 1. The van der Waals surface area contributed by atoms with Crippen molar-refractivity contribution in [1.82, 2.24) is 4.90 Å². The van der Waals surface area contributed by atoms with Gasteiger partial charge in [-0.1, -0.05) is 0 Å². The lowest BCUT2D eigenvalue weighted by Crippen LogP contribution is -2.38. The minimum Gasteiger partial charge on any atom is -0.383 e. The van der Waals surface area contributed by atoms with Crippen molar-refractivity contribution in [1.29, 1.82) is 0 Å². The summed E-state index contributed by atoms with van der Waals surface area (Å²) in [7, 11) is -1.64. The van der Waals surface area contributed by atoms with Gasteiger partial charge in [0.1, 0.15) is 0 Å². The Morgan fingerprint density at radius 2 is 2.06 bits per heavy atom. The van der Waals surface area contributed by atoms with Crippen LogP contribution in [0.5, 0.6) is 0 Å². The Labute approximate surface area is 104 Å². The lowest BCUT2D eigenvalue weighted by Gasteiger charge is -2.28. The highest BCUT2D eigenvalue weighted by molar-refractivity contribution is 7.89. The number of sulfonamides is 1. The van der Waals surface area contributed by atoms with Crippen molar-refractivity contribution in [3.63, 3.8) is 0 Å². The summed E-state index contributed by atoms with van der Waals surface area (Å²) in [5, 5.41) is 5.00. The van der Waals surface area contributed by atoms with Crippen LogP contribution in [0.2, 0.25) is 0 Å². The van der Waals surface area contributed by atoms with Crippen molar-refractivity contribution in [2.45, 2.75) is 32.2 Å². The molecule has 0 aliphatic heterocycles. The highest BCUT2D eigenvalue weighted by atomic mass is 32.2. The number of methoxy groups -OCH3 is 1. The predicted molar refractivity (Wildman–Crippen MR) is 68.2 cm³/mol. The summed E-state index contributed by atoms with van der Waals surface area (Å²) in [5.74, 6) is 0.842. The molecule has 2 N–H and O–H groups in total. The van der Waals surface area contributed by atoms with Gasteiger partial charge >= 0.3 is 0 Å². The molecule has 0 bridgehead atoms. The average Bonchev–Trinajstić information content (AvgIpc) is 3.04. The highest BCUT2D eigenvalue weighted by Gasteiger charge is 2.31. The van der Waals surface area contributed by atoms with Gasteiger partial charge in [-0.25, -0.2) is 13.6 Å². The van der Waals surface area contributed by atoms with E-state index >= 15 is 0 Å². The van der Waals surface area contributed by atoms with Gasteiger partial charge in [-0.05, 0) is 38.6 Å². The van der Waals surface area contributed by atoms with Gasteiger partial charge in [-0.2, -0.15) is 0 Å². The van der Waals surface area contributed by atoms with Crippen LogP contribution in [-0.4, -0.2) is 51.9 Å². The zero-order chi connectivity index (χ0) is 12.9. The van der Waals surface area contributed by atoms with Crippen LogP contribution in [0.1, 0.15) is 26.2 Å². The van der Waals surface area contributed by atoms with E-state index in [0.29, 0.717) is 19.1 Å². The second-order valence-corrected chi connectivity index (χ2v) is 6.56. The molecule has 0 radical (unpaired) electrons. The van der Waals surface area contributed by atoms with E-state index in [-0.39, 0.29) is 5.75 Å². The van der Waals surface area contributed by atoms with Gasteiger partial charge in [0.25, 0.3) is 0 Å². The molecule has 1 atom stereocenters. The third-order valence-electron chi connectivity index (χ3n) is 3.34. The number of nitrogens with two attached hydrogens (primary N) is 1. The molecule has 1 aliphatic rings. The first kappa shape index (κ1) is 14.9. The zero-order valence-electron chi connectivity index (χ0n) is 10.8. The summed E-state index contributed by atoms with van der Waals surface area (Å²) in [6.07, 6.45) is 3.18. The van der Waals surface area contributed by atoms with Crippen LogP contribution in [0.25, 0.3) is 0 Å². The number of rotatable bonds is 9. The van der Waals surface area contributed by atoms with Gasteiger partial charge in [0.2, 0.25) is 10.0 Å². The summed E-state index contributed by atoms with van der Waals surface area (Å²) < 4.78 is 26.8. The summed E-state index contributed by atoms with van der Waals surface area (Å²) in [5.41, 5.74) is 0. The molecule has 0 aromatic rings. The largest absolute Gasteiger partial charge is 0.383 e. The smallest absolute Gasteiger partial charge is 0.209 e. The molecule has 1 aliphatic carbocycles. The molecule has 102 valence electrons. The van der Waals surface area contributed by atoms with Crippen molar-refractivity contribution in [2.75, 3.05) is 32.6 Å². The van der Waals surface area contributed by atoms with Crippen LogP contribution in [0, 0.1) is 5.92 Å². The summed E-state index contributed by atoms with van der Waals surface area (Å²) >= 11 is 0. The van der Waals surface area contributed by atoms with E-state index < -0.39 is 10.0 Å². The molecule has 0 spiro atoms. The molecule has 0 amide bonds. The van der Waals surface area contributed by atoms with Crippen LogP contribution >= 0.6 is 0 Å². The van der Waals surface area contributed by atoms with Crippen LogP contribution < -0.4 is 5.14 Å². The SMILES string of the molecule is COCCN(CCCS(N)(=O)=O)C(C)C1CC1. The fraction of sp³-hybridized carbons (Fsp3) is 1.00. The van der Waals surface area contributed by atoms with Crippen LogP contribution in [0.3, 0.4) is 0 Å². The normalized spacial score (nSPS) is 18.6. The monoisotopic (exact) mass is 264 g/mol. The first-order valence-corrected chi connectivity index (χ1v) is 7.89. The number of primary sulfonamides is 1. The fourth-order valence-corrected chi connectivity index (χ4v) is 2.60. The van der Waals surface area contributed by atoms with Gasteiger partial charge < -0.3 is 4.74 Å².